The van der Waals surface area contributed by atoms with Gasteiger partial charge in [-0.15, -0.1) is 11.6 Å². The van der Waals surface area contributed by atoms with Gasteiger partial charge in [0.25, 0.3) is 0 Å². The number of rotatable bonds is 6. The molecule has 0 spiro atoms. The third-order valence-corrected chi connectivity index (χ3v) is 2.95. The molecule has 0 aliphatic rings. The van der Waals surface area contributed by atoms with Crippen molar-refractivity contribution in [2.75, 3.05) is 20.3 Å². The fourth-order valence-corrected chi connectivity index (χ4v) is 2.30. The van der Waals surface area contributed by atoms with Crippen LogP contribution in [-0.4, -0.2) is 20.3 Å². The normalized spacial score (nSPS) is 10.5. The van der Waals surface area contributed by atoms with Crippen LogP contribution < -0.4 is 4.74 Å². The summed E-state index contributed by atoms with van der Waals surface area (Å²) in [6, 6.07) is 4.02. The average molecular weight is 308 g/mol. The average Bonchev–Trinajstić information content (AvgIpc) is 2.26. The van der Waals surface area contributed by atoms with E-state index in [0.717, 1.165) is 27.8 Å². The number of alkyl halides is 1. The number of halogens is 2. The van der Waals surface area contributed by atoms with E-state index in [2.05, 4.69) is 15.9 Å². The van der Waals surface area contributed by atoms with Crippen molar-refractivity contribution in [3.8, 4) is 5.75 Å². The summed E-state index contributed by atoms with van der Waals surface area (Å²) in [5.41, 5.74) is 2.12. The standard InChI is InChI=1S/C12H16BrClO2/c1-9-6-11(13)7-10(8-14)12(9)16-5-3-4-15-2/h6-7H,3-5,8H2,1-2H3. The largest absolute Gasteiger partial charge is 0.493 e. The molecular weight excluding hydrogens is 291 g/mol. The lowest BCUT2D eigenvalue weighted by Gasteiger charge is -2.13. The maximum Gasteiger partial charge on any atom is 0.126 e. The monoisotopic (exact) mass is 306 g/mol. The van der Waals surface area contributed by atoms with Crippen LogP contribution in [0.3, 0.4) is 0 Å². The van der Waals surface area contributed by atoms with Gasteiger partial charge >= 0.3 is 0 Å². The van der Waals surface area contributed by atoms with E-state index >= 15 is 0 Å². The molecule has 0 aliphatic carbocycles. The van der Waals surface area contributed by atoms with Gasteiger partial charge in [-0.2, -0.15) is 0 Å². The van der Waals surface area contributed by atoms with E-state index in [-0.39, 0.29) is 0 Å². The number of ether oxygens (including phenoxy) is 2. The van der Waals surface area contributed by atoms with E-state index in [4.69, 9.17) is 21.1 Å². The zero-order valence-corrected chi connectivity index (χ0v) is 11.9. The number of hydrogen-bond donors (Lipinski definition) is 0. The van der Waals surface area contributed by atoms with E-state index < -0.39 is 0 Å². The van der Waals surface area contributed by atoms with Crippen molar-refractivity contribution in [2.24, 2.45) is 0 Å². The molecule has 0 atom stereocenters. The topological polar surface area (TPSA) is 18.5 Å². The third-order valence-electron chi connectivity index (χ3n) is 2.20. The van der Waals surface area contributed by atoms with Crippen molar-refractivity contribution < 1.29 is 9.47 Å². The van der Waals surface area contributed by atoms with Crippen LogP contribution >= 0.6 is 27.5 Å². The van der Waals surface area contributed by atoms with Gasteiger partial charge in [-0.3, -0.25) is 0 Å². The lowest BCUT2D eigenvalue weighted by atomic mass is 10.1. The molecule has 0 amide bonds. The summed E-state index contributed by atoms with van der Waals surface area (Å²) in [4.78, 5) is 0. The minimum absolute atomic E-state index is 0.458. The predicted molar refractivity (Wildman–Crippen MR) is 70.4 cm³/mol. The van der Waals surface area contributed by atoms with Gasteiger partial charge in [-0.25, -0.2) is 0 Å². The van der Waals surface area contributed by atoms with E-state index in [9.17, 15) is 0 Å². The van der Waals surface area contributed by atoms with Gasteiger partial charge in [0.2, 0.25) is 0 Å². The Morgan fingerprint density at radius 3 is 2.69 bits per heavy atom. The molecule has 0 saturated carbocycles. The molecule has 16 heavy (non-hydrogen) atoms. The molecule has 0 aromatic heterocycles. The van der Waals surface area contributed by atoms with Crippen molar-refractivity contribution >= 4 is 27.5 Å². The lowest BCUT2D eigenvalue weighted by Crippen LogP contribution is -2.04. The lowest BCUT2D eigenvalue weighted by molar-refractivity contribution is 0.171. The Hall–Kier alpha value is -0.250. The summed E-state index contributed by atoms with van der Waals surface area (Å²) in [5, 5.41) is 0. The van der Waals surface area contributed by atoms with E-state index in [1.807, 2.05) is 19.1 Å². The van der Waals surface area contributed by atoms with Crippen molar-refractivity contribution in [1.82, 2.24) is 0 Å². The Kier molecular flexibility index (Phi) is 6.17. The first-order chi connectivity index (χ1) is 7.69. The Labute approximate surface area is 110 Å². The first kappa shape index (κ1) is 13.8. The van der Waals surface area contributed by atoms with E-state index in [0.29, 0.717) is 19.1 Å². The number of hydrogen-bond acceptors (Lipinski definition) is 2. The smallest absolute Gasteiger partial charge is 0.126 e. The fourth-order valence-electron chi connectivity index (χ4n) is 1.48. The molecular formula is C12H16BrClO2. The SMILES string of the molecule is COCCCOc1c(C)cc(Br)cc1CCl. The molecule has 0 radical (unpaired) electrons. The predicted octanol–water partition coefficient (Wildman–Crippen LogP) is 3.91. The van der Waals surface area contributed by atoms with Crippen LogP contribution in [0.25, 0.3) is 0 Å². The van der Waals surface area contributed by atoms with Crippen molar-refractivity contribution in [2.45, 2.75) is 19.2 Å². The molecule has 1 aromatic carbocycles. The van der Waals surface area contributed by atoms with Gasteiger partial charge in [0.15, 0.2) is 0 Å². The molecule has 1 rings (SSSR count). The maximum absolute atomic E-state index is 5.89. The van der Waals surface area contributed by atoms with Crippen LogP contribution in [0.5, 0.6) is 5.75 Å². The number of methoxy groups -OCH3 is 1. The molecule has 2 nitrogen and oxygen atoms in total. The zero-order valence-electron chi connectivity index (χ0n) is 9.56. The molecule has 0 heterocycles. The van der Waals surface area contributed by atoms with Gasteiger partial charge in [-0.1, -0.05) is 15.9 Å². The second-order valence-electron chi connectivity index (χ2n) is 3.54. The van der Waals surface area contributed by atoms with Crippen LogP contribution in [0.2, 0.25) is 0 Å². The quantitative estimate of drug-likeness (QED) is 0.586. The van der Waals surface area contributed by atoms with Gasteiger partial charge in [-0.05, 0) is 24.6 Å². The Balaban J connectivity index is 2.70. The molecule has 4 heteroatoms. The van der Waals surface area contributed by atoms with Gasteiger partial charge < -0.3 is 9.47 Å². The molecule has 0 N–H and O–H groups in total. The fraction of sp³-hybridized carbons (Fsp3) is 0.500. The first-order valence-corrected chi connectivity index (χ1v) is 6.48. The minimum Gasteiger partial charge on any atom is -0.493 e. The third kappa shape index (κ3) is 3.96. The van der Waals surface area contributed by atoms with Crippen LogP contribution in [-0.2, 0) is 10.6 Å². The van der Waals surface area contributed by atoms with Gasteiger partial charge in [0.05, 0.1) is 12.5 Å². The number of benzene rings is 1. The molecule has 0 saturated heterocycles. The molecule has 0 unspecified atom stereocenters. The molecule has 1 aromatic rings. The van der Waals surface area contributed by atoms with Crippen LogP contribution in [0, 0.1) is 6.92 Å². The van der Waals surface area contributed by atoms with Crippen LogP contribution in [0.15, 0.2) is 16.6 Å². The number of aryl methyl sites for hydroxylation is 1. The summed E-state index contributed by atoms with van der Waals surface area (Å²) in [6.45, 7) is 3.39. The molecule has 90 valence electrons. The Morgan fingerprint density at radius 2 is 2.06 bits per heavy atom. The highest BCUT2D eigenvalue weighted by Gasteiger charge is 2.08. The van der Waals surface area contributed by atoms with Crippen LogP contribution in [0.1, 0.15) is 17.5 Å². The Morgan fingerprint density at radius 1 is 1.31 bits per heavy atom. The second kappa shape index (κ2) is 7.15. The van der Waals surface area contributed by atoms with Crippen molar-refractivity contribution in [1.29, 1.82) is 0 Å². The maximum atomic E-state index is 5.89. The van der Waals surface area contributed by atoms with Crippen molar-refractivity contribution in [3.05, 3.63) is 27.7 Å². The molecule has 0 fully saturated rings. The molecule has 0 bridgehead atoms. The van der Waals surface area contributed by atoms with Gasteiger partial charge in [0.1, 0.15) is 5.75 Å². The summed E-state index contributed by atoms with van der Waals surface area (Å²) >= 11 is 9.34. The van der Waals surface area contributed by atoms with Gasteiger partial charge in [0, 0.05) is 30.2 Å². The minimum atomic E-state index is 0.458. The van der Waals surface area contributed by atoms with E-state index in [1.165, 1.54) is 0 Å². The summed E-state index contributed by atoms with van der Waals surface area (Å²) in [7, 11) is 1.69. The second-order valence-corrected chi connectivity index (χ2v) is 4.72. The summed E-state index contributed by atoms with van der Waals surface area (Å²) in [5.74, 6) is 1.36. The highest BCUT2D eigenvalue weighted by atomic mass is 79.9. The zero-order chi connectivity index (χ0) is 12.0. The Bertz CT molecular complexity index is 342. The molecule has 0 aliphatic heterocycles. The van der Waals surface area contributed by atoms with Crippen molar-refractivity contribution in [3.63, 3.8) is 0 Å². The summed E-state index contributed by atoms with van der Waals surface area (Å²) in [6.07, 6.45) is 0.883. The van der Waals surface area contributed by atoms with Crippen LogP contribution in [0.4, 0.5) is 0 Å². The highest BCUT2D eigenvalue weighted by molar-refractivity contribution is 9.10. The first-order valence-electron chi connectivity index (χ1n) is 5.15. The summed E-state index contributed by atoms with van der Waals surface area (Å²) < 4.78 is 11.7. The highest BCUT2D eigenvalue weighted by Crippen LogP contribution is 2.29. The van der Waals surface area contributed by atoms with E-state index in [1.54, 1.807) is 7.11 Å².